The monoisotopic (exact) mass is 414 g/mol. The van der Waals surface area contributed by atoms with Gasteiger partial charge < -0.3 is 10.1 Å². The second kappa shape index (κ2) is 8.87. The van der Waals surface area contributed by atoms with Crippen molar-refractivity contribution >= 4 is 39.5 Å². The summed E-state index contributed by atoms with van der Waals surface area (Å²) in [5, 5.41) is 10.1. The quantitative estimate of drug-likeness (QED) is 0.604. The average molecular weight is 414 g/mol. The Kier molecular flexibility index (Phi) is 6.28. The minimum atomic E-state index is -0.688. The number of rotatable bonds is 6. The highest BCUT2D eigenvalue weighted by atomic mass is 32.1. The zero-order valence-electron chi connectivity index (χ0n) is 16.4. The summed E-state index contributed by atoms with van der Waals surface area (Å²) < 4.78 is 6.83. The van der Waals surface area contributed by atoms with Crippen molar-refractivity contribution in [1.29, 1.82) is 0 Å². The summed E-state index contributed by atoms with van der Waals surface area (Å²) in [5.74, 6) is -1.05. The van der Waals surface area contributed by atoms with Gasteiger partial charge in [-0.15, -0.1) is 11.3 Å². The molecular weight excluding hydrogens is 392 g/mol. The number of hydrogen-bond acceptors (Lipinski definition) is 6. The van der Waals surface area contributed by atoms with Crippen LogP contribution >= 0.6 is 11.3 Å². The molecule has 2 aromatic heterocycles. The molecule has 3 aromatic rings. The van der Waals surface area contributed by atoms with Crippen LogP contribution in [0.5, 0.6) is 0 Å². The van der Waals surface area contributed by atoms with Gasteiger partial charge in [-0.3, -0.25) is 10.1 Å². The Labute approximate surface area is 171 Å². The molecule has 8 nitrogen and oxygen atoms in total. The third-order valence-corrected chi connectivity index (χ3v) is 5.10. The van der Waals surface area contributed by atoms with Crippen LogP contribution in [-0.2, 0) is 9.53 Å². The van der Waals surface area contributed by atoms with Gasteiger partial charge in [0.05, 0.1) is 11.4 Å². The average Bonchev–Trinajstić information content (AvgIpc) is 3.26. The Morgan fingerprint density at radius 1 is 1.21 bits per heavy atom. The molecule has 0 atom stereocenters. The summed E-state index contributed by atoms with van der Waals surface area (Å²) in [6.07, 6.45) is 0. The lowest BCUT2D eigenvalue weighted by Gasteiger charge is -2.08. The van der Waals surface area contributed by atoms with Crippen molar-refractivity contribution in [2.75, 3.05) is 13.2 Å². The van der Waals surface area contributed by atoms with Gasteiger partial charge in [0.15, 0.2) is 6.61 Å². The molecule has 0 aliphatic rings. The maximum absolute atomic E-state index is 12.4. The number of benzene rings is 1. The van der Waals surface area contributed by atoms with Gasteiger partial charge in [0.25, 0.3) is 5.91 Å². The molecule has 9 heteroatoms. The summed E-state index contributed by atoms with van der Waals surface area (Å²) >= 11 is 1.24. The molecule has 0 saturated heterocycles. The lowest BCUT2D eigenvalue weighted by molar-refractivity contribution is -0.123. The predicted octanol–water partition coefficient (Wildman–Crippen LogP) is 3.03. The molecule has 29 heavy (non-hydrogen) atoms. The molecule has 0 fully saturated rings. The van der Waals surface area contributed by atoms with Crippen LogP contribution in [0.4, 0.5) is 4.79 Å². The SMILES string of the molecule is Cc1nn(-c2ccccc2)c2sc(C(=O)OCC(=O)NC(=O)NCC(C)C)cc12. The number of hydrogen-bond donors (Lipinski definition) is 2. The van der Waals surface area contributed by atoms with Gasteiger partial charge in [0.1, 0.15) is 9.71 Å². The van der Waals surface area contributed by atoms with Crippen LogP contribution < -0.4 is 10.6 Å². The van der Waals surface area contributed by atoms with E-state index < -0.39 is 24.5 Å². The second-order valence-electron chi connectivity index (χ2n) is 6.89. The van der Waals surface area contributed by atoms with Crippen molar-refractivity contribution < 1.29 is 19.1 Å². The second-order valence-corrected chi connectivity index (χ2v) is 7.92. The zero-order chi connectivity index (χ0) is 21.0. The number of ether oxygens (including phenoxy) is 1. The first-order valence-electron chi connectivity index (χ1n) is 9.14. The topological polar surface area (TPSA) is 102 Å². The summed E-state index contributed by atoms with van der Waals surface area (Å²) in [6, 6.07) is 10.7. The van der Waals surface area contributed by atoms with Gasteiger partial charge in [-0.05, 0) is 31.0 Å². The Balaban J connectivity index is 1.64. The number of amides is 3. The fourth-order valence-corrected chi connectivity index (χ4v) is 3.67. The van der Waals surface area contributed by atoms with E-state index in [1.165, 1.54) is 11.3 Å². The van der Waals surface area contributed by atoms with Crippen LogP contribution in [0.1, 0.15) is 29.2 Å². The third-order valence-electron chi connectivity index (χ3n) is 4.00. The van der Waals surface area contributed by atoms with E-state index in [-0.39, 0.29) is 5.92 Å². The van der Waals surface area contributed by atoms with Crippen molar-refractivity contribution in [3.8, 4) is 5.69 Å². The first-order chi connectivity index (χ1) is 13.8. The highest BCUT2D eigenvalue weighted by Crippen LogP contribution is 2.30. The minimum Gasteiger partial charge on any atom is -0.451 e. The molecule has 0 radical (unpaired) electrons. The van der Waals surface area contributed by atoms with Crippen LogP contribution in [0.3, 0.4) is 0 Å². The maximum Gasteiger partial charge on any atom is 0.348 e. The normalized spacial score (nSPS) is 10.9. The Hall–Kier alpha value is -3.20. The van der Waals surface area contributed by atoms with Gasteiger partial charge >= 0.3 is 12.0 Å². The number of carbonyl (C=O) groups is 3. The van der Waals surface area contributed by atoms with Crippen LogP contribution in [0.15, 0.2) is 36.4 Å². The van der Waals surface area contributed by atoms with Crippen molar-refractivity contribution in [2.45, 2.75) is 20.8 Å². The standard InChI is InChI=1S/C20H22N4O4S/c1-12(2)10-21-20(27)22-17(25)11-28-19(26)16-9-15-13(3)23-24(18(15)29-16)14-7-5-4-6-8-14/h4-9,12H,10-11H2,1-3H3,(H2,21,22,25,27). The van der Waals surface area contributed by atoms with Crippen molar-refractivity contribution in [3.05, 3.63) is 47.0 Å². The summed E-state index contributed by atoms with van der Waals surface area (Å²) in [7, 11) is 0. The molecule has 0 saturated carbocycles. The molecule has 0 aliphatic carbocycles. The number of urea groups is 1. The number of imide groups is 1. The molecular formula is C20H22N4O4S. The van der Waals surface area contributed by atoms with E-state index >= 15 is 0 Å². The maximum atomic E-state index is 12.4. The Bertz CT molecular complexity index is 1040. The van der Waals surface area contributed by atoms with E-state index in [1.807, 2.05) is 51.1 Å². The molecule has 0 spiro atoms. The molecule has 0 bridgehead atoms. The summed E-state index contributed by atoms with van der Waals surface area (Å²) in [5.41, 5.74) is 1.68. The van der Waals surface area contributed by atoms with E-state index in [0.717, 1.165) is 21.6 Å². The number of esters is 1. The number of fused-ring (bicyclic) bond motifs is 1. The van der Waals surface area contributed by atoms with Gasteiger partial charge in [-0.2, -0.15) is 5.10 Å². The molecule has 1 aromatic carbocycles. The first kappa shape index (κ1) is 20.5. The fourth-order valence-electron chi connectivity index (χ4n) is 2.60. The van der Waals surface area contributed by atoms with Gasteiger partial charge in [-0.1, -0.05) is 32.0 Å². The molecule has 3 rings (SSSR count). The van der Waals surface area contributed by atoms with Crippen LogP contribution in [-0.4, -0.2) is 40.8 Å². The molecule has 3 amide bonds. The highest BCUT2D eigenvalue weighted by molar-refractivity contribution is 7.20. The number of nitrogens with one attached hydrogen (secondary N) is 2. The van der Waals surface area contributed by atoms with Crippen molar-refractivity contribution in [1.82, 2.24) is 20.4 Å². The number of nitrogens with zero attached hydrogens (tertiary/aromatic N) is 2. The van der Waals surface area contributed by atoms with Crippen molar-refractivity contribution in [3.63, 3.8) is 0 Å². The van der Waals surface area contributed by atoms with E-state index in [0.29, 0.717) is 11.4 Å². The third kappa shape index (κ3) is 5.00. The minimum absolute atomic E-state index is 0.261. The van der Waals surface area contributed by atoms with Crippen LogP contribution in [0, 0.1) is 12.8 Å². The van der Waals surface area contributed by atoms with E-state index in [1.54, 1.807) is 10.7 Å². The summed E-state index contributed by atoms with van der Waals surface area (Å²) in [4.78, 5) is 36.9. The van der Waals surface area contributed by atoms with E-state index in [4.69, 9.17) is 4.74 Å². The highest BCUT2D eigenvalue weighted by Gasteiger charge is 2.19. The van der Waals surface area contributed by atoms with Crippen LogP contribution in [0.25, 0.3) is 15.9 Å². The lowest BCUT2D eigenvalue weighted by Crippen LogP contribution is -2.42. The first-order valence-corrected chi connectivity index (χ1v) is 9.96. The molecule has 2 heterocycles. The van der Waals surface area contributed by atoms with Gasteiger partial charge in [0, 0.05) is 11.9 Å². The summed E-state index contributed by atoms with van der Waals surface area (Å²) in [6.45, 7) is 5.65. The van der Waals surface area contributed by atoms with Crippen LogP contribution in [0.2, 0.25) is 0 Å². The number of aromatic nitrogens is 2. The van der Waals surface area contributed by atoms with Gasteiger partial charge in [-0.25, -0.2) is 14.3 Å². The number of para-hydroxylation sites is 1. The van der Waals surface area contributed by atoms with Gasteiger partial charge in [0.2, 0.25) is 0 Å². The fraction of sp³-hybridized carbons (Fsp3) is 0.300. The molecule has 2 N–H and O–H groups in total. The largest absolute Gasteiger partial charge is 0.451 e. The zero-order valence-corrected chi connectivity index (χ0v) is 17.2. The van der Waals surface area contributed by atoms with E-state index in [9.17, 15) is 14.4 Å². The smallest absolute Gasteiger partial charge is 0.348 e. The molecule has 0 unspecified atom stereocenters. The van der Waals surface area contributed by atoms with E-state index in [2.05, 4.69) is 15.7 Å². The Morgan fingerprint density at radius 3 is 2.62 bits per heavy atom. The number of thiophene rings is 1. The van der Waals surface area contributed by atoms with Crippen molar-refractivity contribution in [2.24, 2.45) is 5.92 Å². The Morgan fingerprint density at radius 2 is 1.93 bits per heavy atom. The number of aryl methyl sites for hydroxylation is 1. The molecule has 0 aliphatic heterocycles. The number of carbonyl (C=O) groups excluding carboxylic acids is 3. The lowest BCUT2D eigenvalue weighted by atomic mass is 10.2. The molecule has 152 valence electrons. The predicted molar refractivity (Wildman–Crippen MR) is 110 cm³/mol.